The van der Waals surface area contributed by atoms with Gasteiger partial charge < -0.3 is 15.1 Å². The van der Waals surface area contributed by atoms with E-state index in [1.54, 1.807) is 11.0 Å². The third kappa shape index (κ3) is 4.50. The summed E-state index contributed by atoms with van der Waals surface area (Å²) in [5.41, 5.74) is -1.71. The number of hydrogen-bond donors (Lipinski definition) is 1. The van der Waals surface area contributed by atoms with E-state index in [-0.39, 0.29) is 29.6 Å². The van der Waals surface area contributed by atoms with Crippen molar-refractivity contribution >= 4 is 46.2 Å². The Morgan fingerprint density at radius 3 is 2.44 bits per heavy atom. The van der Waals surface area contributed by atoms with Gasteiger partial charge in [0.05, 0.1) is 28.7 Å². The van der Waals surface area contributed by atoms with Crippen LogP contribution in [-0.4, -0.2) is 39.9 Å². The van der Waals surface area contributed by atoms with E-state index in [0.29, 0.717) is 11.1 Å². The van der Waals surface area contributed by atoms with Crippen molar-refractivity contribution in [3.05, 3.63) is 62.6 Å². The Labute approximate surface area is 204 Å². The lowest BCUT2D eigenvalue weighted by Crippen LogP contribution is -2.44. The van der Waals surface area contributed by atoms with Gasteiger partial charge in [-0.25, -0.2) is 13.2 Å². The summed E-state index contributed by atoms with van der Waals surface area (Å²) in [6, 6.07) is 3.22. The van der Waals surface area contributed by atoms with Crippen molar-refractivity contribution in [1.82, 2.24) is 15.2 Å². The van der Waals surface area contributed by atoms with Gasteiger partial charge in [-0.3, -0.25) is 4.98 Å². The zero-order valence-electron chi connectivity index (χ0n) is 16.9. The van der Waals surface area contributed by atoms with Crippen LogP contribution >= 0.6 is 35.4 Å². The van der Waals surface area contributed by atoms with Crippen molar-refractivity contribution in [2.75, 3.05) is 6.54 Å². The summed E-state index contributed by atoms with van der Waals surface area (Å²) in [5.74, 6) is -1.03. The third-order valence-corrected chi connectivity index (χ3v) is 6.35. The maximum Gasteiger partial charge on any atom is 0.435 e. The number of aromatic nitrogens is 1. The minimum absolute atomic E-state index is 0.00467. The number of thiocarbonyl (C=S) groups is 1. The second kappa shape index (κ2) is 9.04. The fourth-order valence-electron chi connectivity index (χ4n) is 3.70. The van der Waals surface area contributed by atoms with Crippen LogP contribution in [0, 0.1) is 5.82 Å². The van der Waals surface area contributed by atoms with Crippen LogP contribution in [0.4, 0.5) is 26.3 Å². The zero-order valence-corrected chi connectivity index (χ0v) is 19.2. The molecule has 2 aliphatic heterocycles. The van der Waals surface area contributed by atoms with Crippen molar-refractivity contribution in [3.8, 4) is 0 Å². The number of nitrogens with one attached hydrogen (secondary N) is 1. The highest BCUT2D eigenvalue weighted by molar-refractivity contribution is 7.80. The molecule has 0 spiro atoms. The van der Waals surface area contributed by atoms with Crippen molar-refractivity contribution in [2.45, 2.75) is 37.7 Å². The van der Waals surface area contributed by atoms with E-state index in [0.717, 1.165) is 12.1 Å². The van der Waals surface area contributed by atoms with Gasteiger partial charge in [0, 0.05) is 24.8 Å². The number of rotatable bonds is 4. The summed E-state index contributed by atoms with van der Waals surface area (Å²) in [6.07, 6.45) is -6.74. The molecular formula is C20H14Cl2F6N4OS. The molecule has 0 bridgehead atoms. The Bertz CT molecular complexity index is 1160. The molecule has 0 fully saturated rings. The molecule has 1 N–H and O–H groups in total. The van der Waals surface area contributed by atoms with Gasteiger partial charge in [-0.2, -0.15) is 13.2 Å². The Morgan fingerprint density at radius 2 is 1.82 bits per heavy atom. The highest BCUT2D eigenvalue weighted by Crippen LogP contribution is 2.50. The number of benzene rings is 1. The molecule has 34 heavy (non-hydrogen) atoms. The van der Waals surface area contributed by atoms with Gasteiger partial charge in [0.1, 0.15) is 10.8 Å². The highest BCUT2D eigenvalue weighted by Gasteiger charge is 2.63. The van der Waals surface area contributed by atoms with Gasteiger partial charge in [0.25, 0.3) is 12.0 Å². The van der Waals surface area contributed by atoms with E-state index in [2.05, 4.69) is 15.5 Å². The summed E-state index contributed by atoms with van der Waals surface area (Å²) in [5, 5.41) is 4.93. The standard InChI is InChI=1S/C20H14Cl2F6N4OS/c21-12-2-11(3-13(22)17(12)25)19(20(26,27)28)4-16(31-33-19)32-7-9-1-14(29-5-10(9)8-32)18(34)30-6-15(23)24/h1-3,5,15H,4,6-8H2,(H,30,34). The van der Waals surface area contributed by atoms with Crippen LogP contribution in [0.5, 0.6) is 0 Å². The highest BCUT2D eigenvalue weighted by atomic mass is 35.5. The number of nitrogens with zero attached hydrogens (tertiary/aromatic N) is 3. The lowest BCUT2D eigenvalue weighted by molar-refractivity contribution is -0.275. The van der Waals surface area contributed by atoms with E-state index in [1.807, 2.05) is 0 Å². The van der Waals surface area contributed by atoms with E-state index in [1.165, 1.54) is 6.20 Å². The van der Waals surface area contributed by atoms with Crippen LogP contribution in [0.3, 0.4) is 0 Å². The Morgan fingerprint density at radius 1 is 1.18 bits per heavy atom. The molecule has 1 aromatic heterocycles. The molecule has 182 valence electrons. The topological polar surface area (TPSA) is 49.8 Å². The van der Waals surface area contributed by atoms with E-state index in [9.17, 15) is 26.3 Å². The Balaban J connectivity index is 1.55. The number of pyridine rings is 1. The van der Waals surface area contributed by atoms with Crippen LogP contribution in [0.2, 0.25) is 10.0 Å². The molecule has 14 heteroatoms. The average Bonchev–Trinajstić information content (AvgIpc) is 3.39. The monoisotopic (exact) mass is 542 g/mol. The molecule has 4 rings (SSSR count). The number of fused-ring (bicyclic) bond motifs is 1. The maximum absolute atomic E-state index is 14.2. The van der Waals surface area contributed by atoms with Crippen molar-refractivity contribution in [2.24, 2.45) is 5.16 Å². The van der Waals surface area contributed by atoms with E-state index in [4.69, 9.17) is 40.3 Å². The number of oxime groups is 1. The first kappa shape index (κ1) is 24.8. The summed E-state index contributed by atoms with van der Waals surface area (Å²) in [4.78, 5) is 10.7. The number of hydrogen-bond acceptors (Lipinski definition) is 5. The summed E-state index contributed by atoms with van der Waals surface area (Å²) in [7, 11) is 0. The largest absolute Gasteiger partial charge is 0.435 e. The number of amidine groups is 1. The van der Waals surface area contributed by atoms with Crippen molar-refractivity contribution < 1.29 is 31.2 Å². The Hall–Kier alpha value is -2.31. The predicted molar refractivity (Wildman–Crippen MR) is 116 cm³/mol. The number of alkyl halides is 5. The smallest absolute Gasteiger partial charge is 0.372 e. The van der Waals surface area contributed by atoms with Crippen molar-refractivity contribution in [1.29, 1.82) is 0 Å². The molecular weight excluding hydrogens is 529 g/mol. The van der Waals surface area contributed by atoms with Gasteiger partial charge in [-0.15, -0.1) is 0 Å². The lowest BCUT2D eigenvalue weighted by Gasteiger charge is -2.30. The molecule has 0 aliphatic carbocycles. The molecule has 0 amide bonds. The van der Waals surface area contributed by atoms with Crippen molar-refractivity contribution in [3.63, 3.8) is 0 Å². The molecule has 0 radical (unpaired) electrons. The van der Waals surface area contributed by atoms with Gasteiger partial charge in [0.15, 0.2) is 5.82 Å². The lowest BCUT2D eigenvalue weighted by atomic mass is 9.89. The quantitative estimate of drug-likeness (QED) is 0.311. The van der Waals surface area contributed by atoms with Crippen LogP contribution in [0.1, 0.15) is 28.8 Å². The van der Waals surface area contributed by atoms with Crippen LogP contribution in [0.25, 0.3) is 0 Å². The summed E-state index contributed by atoms with van der Waals surface area (Å²) < 4.78 is 81.1. The first-order chi connectivity index (χ1) is 15.9. The summed E-state index contributed by atoms with van der Waals surface area (Å²) in [6.45, 7) is -0.265. The molecule has 2 aromatic rings. The SMILES string of the molecule is Fc1c(Cl)cc(C2(C(F)(F)F)CC(N3Cc4cnc(C(=S)NCC(F)F)cc4C3)=NO2)cc1Cl. The number of halogens is 8. The third-order valence-electron chi connectivity index (χ3n) is 5.44. The maximum atomic E-state index is 14.2. The van der Waals surface area contributed by atoms with E-state index >= 15 is 0 Å². The molecule has 3 heterocycles. The molecule has 0 saturated carbocycles. The second-order valence-electron chi connectivity index (χ2n) is 7.65. The first-order valence-corrected chi connectivity index (χ1v) is 10.8. The zero-order chi connectivity index (χ0) is 24.8. The normalized spacial score (nSPS) is 19.8. The summed E-state index contributed by atoms with van der Waals surface area (Å²) >= 11 is 16.5. The van der Waals surface area contributed by atoms with Crippen LogP contribution in [0.15, 0.2) is 29.6 Å². The molecule has 1 atom stereocenters. The van der Waals surface area contributed by atoms with Crippen LogP contribution in [-0.2, 0) is 23.5 Å². The second-order valence-corrected chi connectivity index (χ2v) is 8.87. The minimum Gasteiger partial charge on any atom is -0.372 e. The van der Waals surface area contributed by atoms with E-state index < -0.39 is 52.6 Å². The van der Waals surface area contributed by atoms with Gasteiger partial charge >= 0.3 is 6.18 Å². The molecule has 2 aliphatic rings. The minimum atomic E-state index is -4.92. The molecule has 0 saturated heterocycles. The van der Waals surface area contributed by atoms with Gasteiger partial charge in [-0.1, -0.05) is 40.6 Å². The predicted octanol–water partition coefficient (Wildman–Crippen LogP) is 5.56. The average molecular weight is 543 g/mol. The van der Waals surface area contributed by atoms with Crippen LogP contribution < -0.4 is 5.32 Å². The molecule has 1 aromatic carbocycles. The van der Waals surface area contributed by atoms with Gasteiger partial charge in [-0.05, 0) is 29.3 Å². The fraction of sp³-hybridized carbons (Fsp3) is 0.350. The molecule has 1 unspecified atom stereocenters. The fourth-order valence-corrected chi connectivity index (χ4v) is 4.38. The van der Waals surface area contributed by atoms with Gasteiger partial charge in [0.2, 0.25) is 0 Å². The molecule has 5 nitrogen and oxygen atoms in total. The first-order valence-electron chi connectivity index (χ1n) is 9.67. The Kier molecular flexibility index (Phi) is 6.60.